The van der Waals surface area contributed by atoms with Gasteiger partial charge in [0.2, 0.25) is 0 Å². The number of piperazine rings is 1. The van der Waals surface area contributed by atoms with E-state index in [1.807, 2.05) is 12.1 Å². The van der Waals surface area contributed by atoms with Crippen molar-refractivity contribution in [3.8, 4) is 11.8 Å². The van der Waals surface area contributed by atoms with Crippen LogP contribution in [0.3, 0.4) is 0 Å². The van der Waals surface area contributed by atoms with Gasteiger partial charge in [0, 0.05) is 36.2 Å². The minimum absolute atomic E-state index is 0.0527. The number of aromatic hydroxyl groups is 1. The summed E-state index contributed by atoms with van der Waals surface area (Å²) in [4.78, 5) is 15.6. The Morgan fingerprint density at radius 3 is 2.61 bits per heavy atom. The average molecular weight is 516 g/mol. The quantitative estimate of drug-likeness (QED) is 0.640. The molecule has 1 aromatic carbocycles. The molecule has 2 N–H and O–H groups in total. The zero-order chi connectivity index (χ0) is 25.3. The number of nitrogens with zero attached hydrogens (tertiary/aromatic N) is 4. The van der Waals surface area contributed by atoms with Crippen LogP contribution in [0, 0.1) is 0 Å². The highest BCUT2D eigenvalue weighted by Crippen LogP contribution is 2.49. The van der Waals surface area contributed by atoms with Gasteiger partial charge in [-0.05, 0) is 113 Å². The van der Waals surface area contributed by atoms with E-state index in [-0.39, 0.29) is 11.0 Å². The summed E-state index contributed by atoms with van der Waals surface area (Å²) in [6, 6.07) is 7.76. The minimum atomic E-state index is 0.0527. The van der Waals surface area contributed by atoms with Crippen LogP contribution in [0.1, 0.15) is 80.2 Å². The monoisotopic (exact) mass is 515 g/mol. The van der Waals surface area contributed by atoms with Crippen LogP contribution in [-0.2, 0) is 24.7 Å². The molecule has 6 aliphatic rings. The Labute approximate surface area is 226 Å². The molecule has 0 amide bonds. The second kappa shape index (κ2) is 8.82. The molecule has 38 heavy (non-hydrogen) atoms. The van der Waals surface area contributed by atoms with Crippen LogP contribution in [-0.4, -0.2) is 70.4 Å². The first-order chi connectivity index (χ1) is 18.6. The number of phenolic OH excluding ortho intramolecular Hbond substituents is 1. The molecule has 2 aliphatic carbocycles. The lowest BCUT2D eigenvalue weighted by atomic mass is 9.62. The molecule has 3 atom stereocenters. The Morgan fingerprint density at radius 1 is 0.974 bits per heavy atom. The van der Waals surface area contributed by atoms with Crippen LogP contribution in [0.5, 0.6) is 11.8 Å². The summed E-state index contributed by atoms with van der Waals surface area (Å²) in [6.45, 7) is 5.17. The van der Waals surface area contributed by atoms with Crippen molar-refractivity contribution in [2.75, 3.05) is 37.7 Å². The van der Waals surface area contributed by atoms with Crippen molar-refractivity contribution in [2.24, 2.45) is 0 Å². The maximum Gasteiger partial charge on any atom is 0.318 e. The number of nitrogens with one attached hydrogen (secondary N) is 1. The molecule has 1 spiro atoms. The highest BCUT2D eigenvalue weighted by atomic mass is 16.5. The molecule has 2 bridgehead atoms. The van der Waals surface area contributed by atoms with Crippen LogP contribution in [0.4, 0.5) is 5.82 Å². The Hall–Kier alpha value is -2.38. The smallest absolute Gasteiger partial charge is 0.318 e. The molecule has 7 nitrogen and oxygen atoms in total. The normalized spacial score (nSPS) is 31.3. The summed E-state index contributed by atoms with van der Waals surface area (Å²) < 4.78 is 6.58. The molecule has 8 rings (SSSR count). The lowest BCUT2D eigenvalue weighted by molar-refractivity contribution is 0.107. The maximum atomic E-state index is 10.4. The molecular formula is C31H41N5O2. The zero-order valence-electron chi connectivity index (χ0n) is 22.6. The van der Waals surface area contributed by atoms with Crippen molar-refractivity contribution in [3.63, 3.8) is 0 Å². The molecule has 7 heteroatoms. The third-order valence-corrected chi connectivity index (χ3v) is 11.0. The Kier molecular flexibility index (Phi) is 5.45. The average Bonchev–Trinajstić information content (AvgIpc) is 3.61. The highest BCUT2D eigenvalue weighted by molar-refractivity contribution is 5.54. The van der Waals surface area contributed by atoms with Crippen LogP contribution in [0.25, 0.3) is 0 Å². The largest absolute Gasteiger partial charge is 0.508 e. The Balaban J connectivity index is 1.16. The molecule has 0 saturated carbocycles. The van der Waals surface area contributed by atoms with Gasteiger partial charge in [-0.1, -0.05) is 6.07 Å². The third-order valence-electron chi connectivity index (χ3n) is 11.0. The molecule has 4 saturated heterocycles. The topological polar surface area (TPSA) is 73.8 Å². The molecule has 202 valence electrons. The fourth-order valence-corrected chi connectivity index (χ4v) is 9.10. The number of hydrogen-bond acceptors (Lipinski definition) is 7. The molecule has 5 heterocycles. The van der Waals surface area contributed by atoms with Crippen LogP contribution < -0.4 is 15.0 Å². The van der Waals surface area contributed by atoms with Gasteiger partial charge in [-0.2, -0.15) is 9.97 Å². The zero-order valence-corrected chi connectivity index (χ0v) is 22.6. The van der Waals surface area contributed by atoms with Gasteiger partial charge < -0.3 is 20.1 Å². The summed E-state index contributed by atoms with van der Waals surface area (Å²) in [7, 11) is 0. The highest BCUT2D eigenvalue weighted by Gasteiger charge is 2.46. The summed E-state index contributed by atoms with van der Waals surface area (Å²) in [5.41, 5.74) is 5.53. The van der Waals surface area contributed by atoms with Crippen molar-refractivity contribution in [3.05, 3.63) is 40.6 Å². The van der Waals surface area contributed by atoms with E-state index in [2.05, 4.69) is 21.2 Å². The third kappa shape index (κ3) is 3.75. The number of phenols is 1. The molecule has 1 aromatic heterocycles. The fraction of sp³-hybridized carbons (Fsp3) is 0.677. The molecule has 4 aliphatic heterocycles. The predicted molar refractivity (Wildman–Crippen MR) is 147 cm³/mol. The number of anilines is 1. The first kappa shape index (κ1) is 23.5. The summed E-state index contributed by atoms with van der Waals surface area (Å²) in [6.07, 6.45) is 14.0. The van der Waals surface area contributed by atoms with Crippen LogP contribution in [0.15, 0.2) is 18.2 Å². The number of aromatic nitrogens is 2. The van der Waals surface area contributed by atoms with Crippen molar-refractivity contribution >= 4 is 5.82 Å². The van der Waals surface area contributed by atoms with Gasteiger partial charge in [0.15, 0.2) is 0 Å². The van der Waals surface area contributed by atoms with Crippen molar-refractivity contribution < 1.29 is 9.84 Å². The van der Waals surface area contributed by atoms with E-state index in [1.54, 1.807) is 0 Å². The van der Waals surface area contributed by atoms with E-state index in [9.17, 15) is 5.11 Å². The number of ether oxygens (including phenoxy) is 1. The first-order valence-corrected chi connectivity index (χ1v) is 15.2. The molecular weight excluding hydrogens is 474 g/mol. The molecule has 2 aromatic rings. The molecule has 1 unspecified atom stereocenters. The van der Waals surface area contributed by atoms with E-state index < -0.39 is 0 Å². The molecule has 0 radical (unpaired) electrons. The Morgan fingerprint density at radius 2 is 1.79 bits per heavy atom. The van der Waals surface area contributed by atoms with Crippen molar-refractivity contribution in [1.29, 1.82) is 0 Å². The summed E-state index contributed by atoms with van der Waals surface area (Å²) in [5, 5.41) is 14.2. The van der Waals surface area contributed by atoms with Crippen LogP contribution in [0.2, 0.25) is 0 Å². The number of benzene rings is 1. The van der Waals surface area contributed by atoms with Gasteiger partial charge in [-0.15, -0.1) is 0 Å². The fourth-order valence-electron chi connectivity index (χ4n) is 9.10. The first-order valence-electron chi connectivity index (χ1n) is 15.2. The lowest BCUT2D eigenvalue weighted by Crippen LogP contribution is -2.52. The number of fused-ring (bicyclic) bond motifs is 6. The van der Waals surface area contributed by atoms with Gasteiger partial charge in [-0.25, -0.2) is 0 Å². The number of hydrogen-bond donors (Lipinski definition) is 2. The molecule has 4 fully saturated rings. The van der Waals surface area contributed by atoms with Crippen molar-refractivity contribution in [2.45, 2.75) is 100 Å². The van der Waals surface area contributed by atoms with E-state index in [0.717, 1.165) is 51.0 Å². The van der Waals surface area contributed by atoms with E-state index in [4.69, 9.17) is 14.7 Å². The van der Waals surface area contributed by atoms with E-state index in [0.29, 0.717) is 30.5 Å². The number of aryl methyl sites for hydroxylation is 1. The predicted octanol–water partition coefficient (Wildman–Crippen LogP) is 3.89. The van der Waals surface area contributed by atoms with Crippen molar-refractivity contribution in [1.82, 2.24) is 20.2 Å². The van der Waals surface area contributed by atoms with Gasteiger partial charge >= 0.3 is 6.01 Å². The lowest BCUT2D eigenvalue weighted by Gasteiger charge is -2.44. The van der Waals surface area contributed by atoms with E-state index >= 15 is 0 Å². The number of rotatable bonds is 4. The van der Waals surface area contributed by atoms with Gasteiger partial charge in [-0.3, -0.25) is 4.90 Å². The summed E-state index contributed by atoms with van der Waals surface area (Å²) >= 11 is 0. The van der Waals surface area contributed by atoms with E-state index in [1.165, 1.54) is 80.4 Å². The minimum Gasteiger partial charge on any atom is -0.508 e. The summed E-state index contributed by atoms with van der Waals surface area (Å²) in [5.74, 6) is 1.52. The second-order valence-electron chi connectivity index (χ2n) is 13.2. The standard InChI is InChI=1S/C31H41N5O2/c37-24-8-5-21-4-1-10-30(26(21)16-24)13-9-25-27(17-30)33-29(38-20-31-11-2-14-36(31)15-3-12-31)34-28(25)35-18-22-6-7-23(19-35)32-22/h5,8,16,22-23,32,37H,1-4,6-7,9-15,17-20H2/t22-,23+,30?. The Bertz CT molecular complexity index is 1230. The van der Waals surface area contributed by atoms with Gasteiger partial charge in [0.1, 0.15) is 18.2 Å². The van der Waals surface area contributed by atoms with Gasteiger partial charge in [0.05, 0.1) is 11.2 Å². The second-order valence-corrected chi connectivity index (χ2v) is 13.2. The van der Waals surface area contributed by atoms with Gasteiger partial charge in [0.25, 0.3) is 0 Å². The maximum absolute atomic E-state index is 10.4. The SMILES string of the molecule is Oc1ccc2c(c1)C1(CCC2)CCc2c(nc(OCC34CCCN3CCC4)nc2N2C[C@H]3CC[C@@H](C2)N3)C1. The van der Waals surface area contributed by atoms with Crippen LogP contribution >= 0.6 is 0 Å².